The van der Waals surface area contributed by atoms with Crippen LogP contribution in [0.1, 0.15) is 38.3 Å². The molecule has 5 heteroatoms. The second-order valence-corrected chi connectivity index (χ2v) is 6.49. The van der Waals surface area contributed by atoms with Gasteiger partial charge in [0.25, 0.3) is 0 Å². The zero-order chi connectivity index (χ0) is 14.7. The summed E-state index contributed by atoms with van der Waals surface area (Å²) in [6.07, 6.45) is 7.46. The van der Waals surface area contributed by atoms with E-state index in [9.17, 15) is 0 Å². The number of nitrogens with two attached hydrogens (primary N) is 1. The van der Waals surface area contributed by atoms with Crippen molar-refractivity contribution in [1.29, 1.82) is 0 Å². The highest BCUT2D eigenvalue weighted by Gasteiger charge is 2.27. The van der Waals surface area contributed by atoms with Crippen LogP contribution in [0.3, 0.4) is 0 Å². The quantitative estimate of drug-likeness (QED) is 0.856. The normalized spacial score (nSPS) is 26.7. The number of nitrogens with one attached hydrogen (secondary N) is 1. The minimum Gasteiger partial charge on any atom is -0.356 e. The van der Waals surface area contributed by atoms with Crippen LogP contribution in [-0.4, -0.2) is 41.7 Å². The zero-order valence-corrected chi connectivity index (χ0v) is 13.0. The molecule has 0 radical (unpaired) electrons. The first kappa shape index (κ1) is 14.7. The van der Waals surface area contributed by atoms with E-state index in [1.807, 2.05) is 0 Å². The Hall–Kier alpha value is -1.20. The summed E-state index contributed by atoms with van der Waals surface area (Å²) < 4.78 is 0. The number of nitrogens with zero attached hydrogens (tertiary/aromatic N) is 3. The van der Waals surface area contributed by atoms with E-state index in [0.717, 1.165) is 43.5 Å². The molecule has 0 bridgehead atoms. The molecule has 21 heavy (non-hydrogen) atoms. The predicted molar refractivity (Wildman–Crippen MR) is 85.3 cm³/mol. The molecule has 1 aliphatic carbocycles. The van der Waals surface area contributed by atoms with Crippen molar-refractivity contribution >= 4 is 5.82 Å². The van der Waals surface area contributed by atoms with Crippen LogP contribution in [0.4, 0.5) is 5.82 Å². The maximum absolute atomic E-state index is 5.84. The first-order chi connectivity index (χ1) is 10.2. The van der Waals surface area contributed by atoms with E-state index >= 15 is 0 Å². The molecule has 0 unspecified atom stereocenters. The lowest BCUT2D eigenvalue weighted by molar-refractivity contribution is 0.241. The van der Waals surface area contributed by atoms with Crippen LogP contribution in [0.15, 0.2) is 12.4 Å². The van der Waals surface area contributed by atoms with Gasteiger partial charge in [0.2, 0.25) is 0 Å². The van der Waals surface area contributed by atoms with Crippen molar-refractivity contribution in [2.75, 3.05) is 24.5 Å². The molecular weight excluding hydrogens is 262 g/mol. The summed E-state index contributed by atoms with van der Waals surface area (Å²) in [6.45, 7) is 5.45. The van der Waals surface area contributed by atoms with E-state index < -0.39 is 0 Å². The van der Waals surface area contributed by atoms with Gasteiger partial charge in [-0.2, -0.15) is 0 Å². The fourth-order valence-corrected chi connectivity index (χ4v) is 3.35. The first-order valence-corrected chi connectivity index (χ1v) is 8.29. The number of piperidine rings is 1. The van der Waals surface area contributed by atoms with E-state index in [1.54, 1.807) is 6.33 Å². The van der Waals surface area contributed by atoms with Crippen molar-refractivity contribution in [3.05, 3.63) is 18.1 Å². The summed E-state index contributed by atoms with van der Waals surface area (Å²) in [4.78, 5) is 11.1. The summed E-state index contributed by atoms with van der Waals surface area (Å²) >= 11 is 0. The summed E-state index contributed by atoms with van der Waals surface area (Å²) in [5.74, 6) is 1.90. The van der Waals surface area contributed by atoms with E-state index in [0.29, 0.717) is 12.1 Å². The Kier molecular flexibility index (Phi) is 4.70. The number of rotatable bonds is 5. The van der Waals surface area contributed by atoms with Crippen molar-refractivity contribution < 1.29 is 0 Å². The molecule has 3 N–H and O–H groups in total. The van der Waals surface area contributed by atoms with Crippen LogP contribution >= 0.6 is 0 Å². The van der Waals surface area contributed by atoms with Gasteiger partial charge in [0.05, 0.1) is 0 Å². The Labute approximate surface area is 127 Å². The Morgan fingerprint density at radius 1 is 1.29 bits per heavy atom. The molecule has 0 atom stereocenters. The lowest BCUT2D eigenvalue weighted by Gasteiger charge is -2.37. The molecule has 1 saturated carbocycles. The molecule has 2 heterocycles. The molecule has 5 nitrogen and oxygen atoms in total. The maximum Gasteiger partial charge on any atom is 0.132 e. The topological polar surface area (TPSA) is 67.1 Å². The SMILES string of the molecule is CCc1cc(N2CCC(NCC3CC(N)C3)CC2)ncn1. The molecule has 1 aliphatic heterocycles. The molecule has 2 aliphatic rings. The summed E-state index contributed by atoms with van der Waals surface area (Å²) in [5, 5.41) is 3.72. The number of aromatic nitrogens is 2. The molecule has 0 spiro atoms. The molecule has 116 valence electrons. The Morgan fingerprint density at radius 3 is 2.71 bits per heavy atom. The molecule has 2 fully saturated rings. The van der Waals surface area contributed by atoms with Crippen LogP contribution in [-0.2, 0) is 6.42 Å². The van der Waals surface area contributed by atoms with Crippen molar-refractivity contribution in [2.24, 2.45) is 11.7 Å². The lowest BCUT2D eigenvalue weighted by Crippen LogP contribution is -2.47. The average Bonchev–Trinajstić information content (AvgIpc) is 2.51. The van der Waals surface area contributed by atoms with Gasteiger partial charge in [-0.05, 0) is 44.6 Å². The van der Waals surface area contributed by atoms with Gasteiger partial charge in [-0.3, -0.25) is 0 Å². The minimum absolute atomic E-state index is 0.462. The number of anilines is 1. The molecule has 1 saturated heterocycles. The molecule has 1 aromatic rings. The van der Waals surface area contributed by atoms with E-state index in [1.165, 1.54) is 25.7 Å². The largest absolute Gasteiger partial charge is 0.356 e. The van der Waals surface area contributed by atoms with E-state index in [-0.39, 0.29) is 0 Å². The highest BCUT2D eigenvalue weighted by Crippen LogP contribution is 2.25. The molecule has 0 amide bonds. The smallest absolute Gasteiger partial charge is 0.132 e. The van der Waals surface area contributed by atoms with Gasteiger partial charge in [-0.25, -0.2) is 9.97 Å². The summed E-state index contributed by atoms with van der Waals surface area (Å²) in [5.41, 5.74) is 6.96. The van der Waals surface area contributed by atoms with Crippen molar-refractivity contribution in [3.63, 3.8) is 0 Å². The molecular formula is C16H27N5. The number of aryl methyl sites for hydroxylation is 1. The Balaban J connectivity index is 1.44. The van der Waals surface area contributed by atoms with Crippen LogP contribution in [0.2, 0.25) is 0 Å². The highest BCUT2D eigenvalue weighted by molar-refractivity contribution is 5.39. The van der Waals surface area contributed by atoms with Gasteiger partial charge < -0.3 is 16.0 Å². The average molecular weight is 289 g/mol. The van der Waals surface area contributed by atoms with E-state index in [2.05, 4.69) is 33.2 Å². The molecule has 0 aromatic carbocycles. The van der Waals surface area contributed by atoms with Crippen LogP contribution in [0.5, 0.6) is 0 Å². The fraction of sp³-hybridized carbons (Fsp3) is 0.750. The lowest BCUT2D eigenvalue weighted by atomic mass is 9.81. The zero-order valence-electron chi connectivity index (χ0n) is 13.0. The third-order valence-electron chi connectivity index (χ3n) is 4.86. The van der Waals surface area contributed by atoms with Crippen molar-refractivity contribution in [1.82, 2.24) is 15.3 Å². The van der Waals surface area contributed by atoms with Gasteiger partial charge in [0.15, 0.2) is 0 Å². The first-order valence-electron chi connectivity index (χ1n) is 8.29. The summed E-state index contributed by atoms with van der Waals surface area (Å²) in [7, 11) is 0. The van der Waals surface area contributed by atoms with Gasteiger partial charge in [0, 0.05) is 36.9 Å². The predicted octanol–water partition coefficient (Wildman–Crippen LogP) is 1.33. The summed E-state index contributed by atoms with van der Waals surface area (Å²) in [6, 6.07) is 3.25. The van der Waals surface area contributed by atoms with Crippen molar-refractivity contribution in [2.45, 2.75) is 51.1 Å². The third-order valence-corrected chi connectivity index (χ3v) is 4.86. The number of hydrogen-bond donors (Lipinski definition) is 2. The Morgan fingerprint density at radius 2 is 2.05 bits per heavy atom. The van der Waals surface area contributed by atoms with Crippen LogP contribution < -0.4 is 16.0 Å². The van der Waals surface area contributed by atoms with Crippen molar-refractivity contribution in [3.8, 4) is 0 Å². The second-order valence-electron chi connectivity index (χ2n) is 6.49. The molecule has 1 aromatic heterocycles. The van der Waals surface area contributed by atoms with Gasteiger partial charge in [0.1, 0.15) is 12.1 Å². The van der Waals surface area contributed by atoms with Crippen LogP contribution in [0, 0.1) is 5.92 Å². The maximum atomic E-state index is 5.84. The van der Waals surface area contributed by atoms with Gasteiger partial charge in [-0.1, -0.05) is 6.92 Å². The Bertz CT molecular complexity index is 450. The van der Waals surface area contributed by atoms with Gasteiger partial charge in [-0.15, -0.1) is 0 Å². The minimum atomic E-state index is 0.462. The number of hydrogen-bond acceptors (Lipinski definition) is 5. The standard InChI is InChI=1S/C16H27N5/c1-2-14-9-16(20-11-19-14)21-5-3-15(4-6-21)18-10-12-7-13(17)8-12/h9,11-13,15,18H,2-8,10,17H2,1H3. The third kappa shape index (κ3) is 3.71. The van der Waals surface area contributed by atoms with E-state index in [4.69, 9.17) is 5.73 Å². The molecule has 3 rings (SSSR count). The van der Waals surface area contributed by atoms with Crippen LogP contribution in [0.25, 0.3) is 0 Å². The highest BCUT2D eigenvalue weighted by atomic mass is 15.2. The second kappa shape index (κ2) is 6.71. The monoisotopic (exact) mass is 289 g/mol. The fourth-order valence-electron chi connectivity index (χ4n) is 3.35. The van der Waals surface area contributed by atoms with Gasteiger partial charge >= 0.3 is 0 Å².